The fourth-order valence-corrected chi connectivity index (χ4v) is 2.48. The van der Waals surface area contributed by atoms with Crippen molar-refractivity contribution in [3.05, 3.63) is 59.1 Å². The highest BCUT2D eigenvalue weighted by atomic mass is 35.5. The van der Waals surface area contributed by atoms with Crippen molar-refractivity contribution in [1.82, 2.24) is 15.3 Å². The van der Waals surface area contributed by atoms with Gasteiger partial charge < -0.3 is 10.1 Å². The standard InChI is InChI=1S/C17H15ClF5N3O/c1-9(26-10(2)15-16(18)25-4-3-24-15)11-5-12(17(21,22)23)7-13(6-11)27-8-14(19)20/h3-7,10,14,26H,1,8H2,2H3. The van der Waals surface area contributed by atoms with Crippen molar-refractivity contribution in [1.29, 1.82) is 0 Å². The van der Waals surface area contributed by atoms with Crippen molar-refractivity contribution >= 4 is 17.3 Å². The zero-order valence-corrected chi connectivity index (χ0v) is 14.8. The van der Waals surface area contributed by atoms with Crippen LogP contribution in [0, 0.1) is 0 Å². The van der Waals surface area contributed by atoms with E-state index in [-0.39, 0.29) is 22.2 Å². The lowest BCUT2D eigenvalue weighted by atomic mass is 10.1. The molecule has 0 aliphatic carbocycles. The number of nitrogens with zero attached hydrogens (tertiary/aromatic N) is 2. The van der Waals surface area contributed by atoms with E-state index in [1.807, 2.05) is 0 Å². The molecule has 1 aromatic heterocycles. The minimum Gasteiger partial charge on any atom is -0.488 e. The molecular formula is C17H15ClF5N3O. The highest BCUT2D eigenvalue weighted by Crippen LogP contribution is 2.34. The largest absolute Gasteiger partial charge is 0.488 e. The first-order chi connectivity index (χ1) is 12.6. The number of rotatable bonds is 7. The molecule has 1 atom stereocenters. The van der Waals surface area contributed by atoms with E-state index in [1.165, 1.54) is 18.5 Å². The van der Waals surface area contributed by atoms with Gasteiger partial charge in [0.25, 0.3) is 6.43 Å². The molecule has 0 aliphatic rings. The van der Waals surface area contributed by atoms with Crippen molar-refractivity contribution in [3.8, 4) is 5.75 Å². The average molecular weight is 408 g/mol. The molecule has 2 rings (SSSR count). The van der Waals surface area contributed by atoms with Gasteiger partial charge >= 0.3 is 6.18 Å². The van der Waals surface area contributed by atoms with Gasteiger partial charge in [-0.15, -0.1) is 0 Å². The van der Waals surface area contributed by atoms with Gasteiger partial charge in [0.2, 0.25) is 0 Å². The summed E-state index contributed by atoms with van der Waals surface area (Å²) in [6, 6.07) is 2.18. The van der Waals surface area contributed by atoms with Crippen LogP contribution in [0.4, 0.5) is 22.0 Å². The molecule has 0 bridgehead atoms. The van der Waals surface area contributed by atoms with E-state index in [9.17, 15) is 22.0 Å². The van der Waals surface area contributed by atoms with Crippen molar-refractivity contribution < 1.29 is 26.7 Å². The van der Waals surface area contributed by atoms with E-state index in [0.717, 1.165) is 6.07 Å². The minimum atomic E-state index is -4.68. The zero-order chi connectivity index (χ0) is 20.2. The summed E-state index contributed by atoms with van der Waals surface area (Å²) in [6.45, 7) is 4.35. The Morgan fingerprint density at radius 3 is 2.48 bits per heavy atom. The fraction of sp³-hybridized carbons (Fsp3) is 0.294. The lowest BCUT2D eigenvalue weighted by Gasteiger charge is -2.19. The second kappa shape index (κ2) is 8.51. The molecule has 10 heteroatoms. The van der Waals surface area contributed by atoms with Gasteiger partial charge in [0.15, 0.2) is 5.15 Å². The molecule has 27 heavy (non-hydrogen) atoms. The third-order valence-electron chi connectivity index (χ3n) is 3.44. The maximum atomic E-state index is 13.1. The Kier molecular flexibility index (Phi) is 6.59. The molecule has 0 saturated heterocycles. The number of halogens is 6. The zero-order valence-electron chi connectivity index (χ0n) is 14.0. The van der Waals surface area contributed by atoms with Crippen molar-refractivity contribution in [2.24, 2.45) is 0 Å². The Morgan fingerprint density at radius 2 is 1.89 bits per heavy atom. The number of hydrogen-bond acceptors (Lipinski definition) is 4. The third kappa shape index (κ3) is 5.78. The van der Waals surface area contributed by atoms with Gasteiger partial charge in [0.1, 0.15) is 12.4 Å². The summed E-state index contributed by atoms with van der Waals surface area (Å²) >= 11 is 5.95. The van der Waals surface area contributed by atoms with Crippen LogP contribution in [-0.2, 0) is 6.18 Å². The van der Waals surface area contributed by atoms with Gasteiger partial charge in [-0.25, -0.2) is 13.8 Å². The Balaban J connectivity index is 2.28. The van der Waals surface area contributed by atoms with Gasteiger partial charge in [-0.05, 0) is 25.1 Å². The van der Waals surface area contributed by atoms with E-state index < -0.39 is 30.8 Å². The van der Waals surface area contributed by atoms with E-state index >= 15 is 0 Å². The van der Waals surface area contributed by atoms with Gasteiger partial charge in [-0.1, -0.05) is 18.2 Å². The maximum Gasteiger partial charge on any atom is 0.416 e. The Morgan fingerprint density at radius 1 is 1.22 bits per heavy atom. The third-order valence-corrected chi connectivity index (χ3v) is 3.73. The monoisotopic (exact) mass is 407 g/mol. The summed E-state index contributed by atoms with van der Waals surface area (Å²) in [5.74, 6) is -0.340. The molecule has 1 unspecified atom stereocenters. The van der Waals surface area contributed by atoms with Crippen LogP contribution < -0.4 is 10.1 Å². The molecule has 0 fully saturated rings. The van der Waals surface area contributed by atoms with Crippen LogP contribution in [0.2, 0.25) is 5.15 Å². The van der Waals surface area contributed by atoms with Crippen molar-refractivity contribution in [3.63, 3.8) is 0 Å². The molecule has 0 spiro atoms. The van der Waals surface area contributed by atoms with Crippen LogP contribution >= 0.6 is 11.6 Å². The van der Waals surface area contributed by atoms with Crippen LogP contribution in [-0.4, -0.2) is 23.0 Å². The molecule has 1 heterocycles. The number of alkyl halides is 5. The SMILES string of the molecule is C=C(NC(C)c1nccnc1Cl)c1cc(OCC(F)F)cc(C(F)(F)F)c1. The smallest absolute Gasteiger partial charge is 0.416 e. The van der Waals surface area contributed by atoms with Crippen LogP contribution in [0.5, 0.6) is 5.75 Å². The second-order valence-electron chi connectivity index (χ2n) is 5.52. The summed E-state index contributed by atoms with van der Waals surface area (Å²) < 4.78 is 68.7. The summed E-state index contributed by atoms with van der Waals surface area (Å²) in [7, 11) is 0. The molecule has 1 N–H and O–H groups in total. The summed E-state index contributed by atoms with van der Waals surface area (Å²) in [5.41, 5.74) is -0.531. The molecule has 2 aromatic rings. The maximum absolute atomic E-state index is 13.1. The van der Waals surface area contributed by atoms with Crippen molar-refractivity contribution in [2.45, 2.75) is 25.6 Å². The second-order valence-corrected chi connectivity index (χ2v) is 5.88. The molecule has 0 saturated carbocycles. The number of hydrogen-bond donors (Lipinski definition) is 1. The lowest BCUT2D eigenvalue weighted by molar-refractivity contribution is -0.137. The highest BCUT2D eigenvalue weighted by molar-refractivity contribution is 6.30. The normalized spacial score (nSPS) is 12.7. The van der Waals surface area contributed by atoms with Crippen LogP contribution in [0.1, 0.15) is 29.8 Å². The average Bonchev–Trinajstić information content (AvgIpc) is 2.59. The topological polar surface area (TPSA) is 47.0 Å². The molecular weight excluding hydrogens is 393 g/mol. The molecule has 1 aromatic carbocycles. The molecule has 0 amide bonds. The first kappa shape index (κ1) is 20.9. The Bertz CT molecular complexity index is 813. The van der Waals surface area contributed by atoms with Crippen LogP contribution in [0.3, 0.4) is 0 Å². The predicted octanol–water partition coefficient (Wildman–Crippen LogP) is 5.11. The minimum absolute atomic E-state index is 0.0287. The predicted molar refractivity (Wildman–Crippen MR) is 90.6 cm³/mol. The van der Waals surface area contributed by atoms with Crippen LogP contribution in [0.15, 0.2) is 37.2 Å². The summed E-state index contributed by atoms with van der Waals surface area (Å²) in [4.78, 5) is 7.94. The Hall–Kier alpha value is -2.42. The van der Waals surface area contributed by atoms with Gasteiger partial charge in [0.05, 0.1) is 17.3 Å². The quantitative estimate of drug-likeness (QED) is 0.648. The van der Waals surface area contributed by atoms with E-state index in [4.69, 9.17) is 16.3 Å². The van der Waals surface area contributed by atoms with Crippen LogP contribution in [0.25, 0.3) is 5.70 Å². The number of nitrogens with one attached hydrogen (secondary N) is 1. The summed E-state index contributed by atoms with van der Waals surface area (Å²) in [6.07, 6.45) is -4.68. The number of ether oxygens (including phenoxy) is 1. The molecule has 0 aliphatic heterocycles. The van der Waals surface area contributed by atoms with Gasteiger partial charge in [-0.2, -0.15) is 13.2 Å². The lowest BCUT2D eigenvalue weighted by Crippen LogP contribution is -2.19. The Labute approximate surface area is 157 Å². The van der Waals surface area contributed by atoms with E-state index in [0.29, 0.717) is 11.8 Å². The highest BCUT2D eigenvalue weighted by Gasteiger charge is 2.32. The number of benzene rings is 1. The first-order valence-electron chi connectivity index (χ1n) is 7.63. The molecule has 146 valence electrons. The summed E-state index contributed by atoms with van der Waals surface area (Å²) in [5, 5.41) is 3.01. The number of aromatic nitrogens is 2. The van der Waals surface area contributed by atoms with Gasteiger partial charge in [0, 0.05) is 23.7 Å². The van der Waals surface area contributed by atoms with Crippen molar-refractivity contribution in [2.75, 3.05) is 6.61 Å². The molecule has 0 radical (unpaired) electrons. The molecule has 4 nitrogen and oxygen atoms in total. The van der Waals surface area contributed by atoms with Gasteiger partial charge in [-0.3, -0.25) is 4.98 Å². The fourth-order valence-electron chi connectivity index (χ4n) is 2.21. The van der Waals surface area contributed by atoms with E-state index in [1.54, 1.807) is 6.92 Å². The van der Waals surface area contributed by atoms with E-state index in [2.05, 4.69) is 21.9 Å². The first-order valence-corrected chi connectivity index (χ1v) is 8.01.